The topological polar surface area (TPSA) is 38.7 Å². The van der Waals surface area contributed by atoms with Gasteiger partial charge in [-0.25, -0.2) is 0 Å². The summed E-state index contributed by atoms with van der Waals surface area (Å²) in [6.45, 7) is 0.692. The zero-order valence-electron chi connectivity index (χ0n) is 8.70. The molecule has 1 spiro atoms. The molecule has 2 heterocycles. The molecule has 2 aliphatic heterocycles. The summed E-state index contributed by atoms with van der Waals surface area (Å²) in [6.07, 6.45) is 5.12. The minimum atomic E-state index is -0.280. The average molecular weight is 225 g/mol. The number of carbonyl (C=O) groups is 1. The summed E-state index contributed by atoms with van der Waals surface area (Å²) in [5, 5.41) is 4.14. The highest BCUT2D eigenvalue weighted by molar-refractivity contribution is 8.02. The molecule has 82 valence electrons. The molecule has 0 aromatic carbocycles. The summed E-state index contributed by atoms with van der Waals surface area (Å²) in [5.74, 6) is 1.83. The van der Waals surface area contributed by atoms with E-state index in [4.69, 9.17) is 4.84 Å². The summed E-state index contributed by atoms with van der Waals surface area (Å²) in [6, 6.07) is 0. The van der Waals surface area contributed by atoms with Crippen LogP contribution < -0.4 is 0 Å². The highest BCUT2D eigenvalue weighted by Crippen LogP contribution is 2.47. The highest BCUT2D eigenvalue weighted by Gasteiger charge is 2.53. The third kappa shape index (κ3) is 1.34. The minimum absolute atomic E-state index is 0.280. The van der Waals surface area contributed by atoms with Crippen LogP contribution in [0.15, 0.2) is 5.16 Å². The molecule has 3 nitrogen and oxygen atoms in total. The molecule has 0 unspecified atom stereocenters. The van der Waals surface area contributed by atoms with Gasteiger partial charge in [-0.2, -0.15) is 0 Å². The Bertz CT molecular complexity index is 329. The molecule has 1 saturated carbocycles. The van der Waals surface area contributed by atoms with Crippen molar-refractivity contribution in [3.63, 3.8) is 0 Å². The van der Waals surface area contributed by atoms with Crippen molar-refractivity contribution in [2.24, 2.45) is 11.1 Å². The normalized spacial score (nSPS) is 39.9. The van der Waals surface area contributed by atoms with Crippen LogP contribution in [0.4, 0.5) is 0 Å². The number of thioether (sulfide) groups is 1. The van der Waals surface area contributed by atoms with E-state index in [0.717, 1.165) is 37.1 Å². The molecule has 0 aromatic heterocycles. The number of nitrogens with zero attached hydrogens (tertiary/aromatic N) is 1. The molecule has 0 bridgehead atoms. The van der Waals surface area contributed by atoms with Gasteiger partial charge in [-0.05, 0) is 12.8 Å². The van der Waals surface area contributed by atoms with Crippen molar-refractivity contribution in [2.45, 2.75) is 36.9 Å². The van der Waals surface area contributed by atoms with Crippen LogP contribution in [0.25, 0.3) is 0 Å². The second-order valence-electron chi connectivity index (χ2n) is 4.59. The van der Waals surface area contributed by atoms with Gasteiger partial charge in [0.2, 0.25) is 0 Å². The van der Waals surface area contributed by atoms with E-state index in [1.807, 2.05) is 11.8 Å². The molecule has 1 saturated heterocycles. The lowest BCUT2D eigenvalue weighted by atomic mass is 9.87. The molecule has 4 heteroatoms. The Balaban J connectivity index is 1.96. The first-order valence-electron chi connectivity index (χ1n) is 5.70. The van der Waals surface area contributed by atoms with Crippen molar-refractivity contribution >= 4 is 23.3 Å². The van der Waals surface area contributed by atoms with Crippen molar-refractivity contribution in [2.75, 3.05) is 12.4 Å². The fraction of sp³-hybridized carbons (Fsp3) is 0.818. The molecule has 0 aromatic rings. The van der Waals surface area contributed by atoms with Gasteiger partial charge in [0, 0.05) is 18.1 Å². The van der Waals surface area contributed by atoms with E-state index in [-0.39, 0.29) is 4.75 Å². The Kier molecular flexibility index (Phi) is 2.27. The van der Waals surface area contributed by atoms with Gasteiger partial charge in [0.05, 0.1) is 5.71 Å². The second-order valence-corrected chi connectivity index (χ2v) is 5.91. The van der Waals surface area contributed by atoms with Gasteiger partial charge in [-0.1, -0.05) is 18.0 Å². The Morgan fingerprint density at radius 1 is 1.40 bits per heavy atom. The Morgan fingerprint density at radius 3 is 3.27 bits per heavy atom. The maximum absolute atomic E-state index is 12.2. The van der Waals surface area contributed by atoms with Crippen molar-refractivity contribution in [3.05, 3.63) is 0 Å². The zero-order valence-corrected chi connectivity index (χ0v) is 9.52. The van der Waals surface area contributed by atoms with Gasteiger partial charge in [0.1, 0.15) is 11.4 Å². The Hall–Kier alpha value is -0.510. The van der Waals surface area contributed by atoms with Crippen LogP contribution in [0.3, 0.4) is 0 Å². The van der Waals surface area contributed by atoms with E-state index in [1.165, 1.54) is 6.42 Å². The molecule has 0 radical (unpaired) electrons. The smallest absolute Gasteiger partial charge is 0.154 e. The van der Waals surface area contributed by atoms with Crippen LogP contribution in [-0.2, 0) is 9.63 Å². The first-order valence-corrected chi connectivity index (χ1v) is 6.69. The van der Waals surface area contributed by atoms with Crippen LogP contribution in [0.1, 0.15) is 32.1 Å². The fourth-order valence-corrected chi connectivity index (χ4v) is 4.44. The van der Waals surface area contributed by atoms with Gasteiger partial charge >= 0.3 is 0 Å². The monoisotopic (exact) mass is 225 g/mol. The molecule has 0 N–H and O–H groups in total. The molecular weight excluding hydrogens is 210 g/mol. The second kappa shape index (κ2) is 3.51. The third-order valence-corrected chi connectivity index (χ3v) is 5.36. The van der Waals surface area contributed by atoms with E-state index >= 15 is 0 Å². The van der Waals surface area contributed by atoms with Crippen LogP contribution in [-0.4, -0.2) is 28.6 Å². The van der Waals surface area contributed by atoms with Crippen molar-refractivity contribution in [1.82, 2.24) is 0 Å². The van der Waals surface area contributed by atoms with Gasteiger partial charge < -0.3 is 4.84 Å². The molecule has 1 aliphatic carbocycles. The summed E-state index contributed by atoms with van der Waals surface area (Å²) in [7, 11) is 0. The van der Waals surface area contributed by atoms with Gasteiger partial charge in [0.15, 0.2) is 5.78 Å². The lowest BCUT2D eigenvalue weighted by Gasteiger charge is -2.24. The number of carbonyl (C=O) groups excluding carboxylic acids is 1. The van der Waals surface area contributed by atoms with Crippen LogP contribution >= 0.6 is 11.8 Å². The van der Waals surface area contributed by atoms with Crippen LogP contribution in [0.5, 0.6) is 0 Å². The third-order valence-electron chi connectivity index (χ3n) is 3.65. The first kappa shape index (κ1) is 9.70. The Morgan fingerprint density at radius 2 is 2.33 bits per heavy atom. The van der Waals surface area contributed by atoms with E-state index in [9.17, 15) is 4.79 Å². The van der Waals surface area contributed by atoms with Gasteiger partial charge in [-0.3, -0.25) is 4.79 Å². The van der Waals surface area contributed by atoms with Crippen LogP contribution in [0.2, 0.25) is 0 Å². The summed E-state index contributed by atoms with van der Waals surface area (Å²) >= 11 is 1.82. The predicted molar refractivity (Wildman–Crippen MR) is 60.2 cm³/mol. The zero-order chi connectivity index (χ0) is 10.3. The number of hydrogen-bond acceptors (Lipinski definition) is 4. The standard InChI is InChI=1S/C11H15NO2S/c13-9-4-2-1-3-5-11(9)10-8(7-15-11)6-14-12-10/h8H,1-7H2/t8-,11-/m1/s1. The van der Waals surface area contributed by atoms with Crippen molar-refractivity contribution < 1.29 is 9.63 Å². The molecule has 15 heavy (non-hydrogen) atoms. The fourth-order valence-electron chi connectivity index (χ4n) is 2.80. The molecule has 2 atom stereocenters. The predicted octanol–water partition coefficient (Wildman–Crippen LogP) is 2.01. The van der Waals surface area contributed by atoms with Crippen LogP contribution in [0, 0.1) is 5.92 Å². The highest BCUT2D eigenvalue weighted by atomic mass is 32.2. The van der Waals surface area contributed by atoms with Crippen molar-refractivity contribution in [1.29, 1.82) is 0 Å². The number of fused-ring (bicyclic) bond motifs is 2. The number of hydrogen-bond donors (Lipinski definition) is 0. The maximum Gasteiger partial charge on any atom is 0.154 e. The lowest BCUT2D eigenvalue weighted by Crippen LogP contribution is -2.40. The maximum atomic E-state index is 12.2. The van der Waals surface area contributed by atoms with Crippen molar-refractivity contribution in [3.8, 4) is 0 Å². The summed E-state index contributed by atoms with van der Waals surface area (Å²) in [5.41, 5.74) is 1.06. The van der Waals surface area contributed by atoms with Gasteiger partial charge in [0.25, 0.3) is 0 Å². The summed E-state index contributed by atoms with van der Waals surface area (Å²) in [4.78, 5) is 17.4. The summed E-state index contributed by atoms with van der Waals surface area (Å²) < 4.78 is -0.280. The number of oxime groups is 1. The number of ketones is 1. The van der Waals surface area contributed by atoms with E-state index < -0.39 is 0 Å². The van der Waals surface area contributed by atoms with E-state index in [0.29, 0.717) is 18.3 Å². The molecule has 3 aliphatic rings. The minimum Gasteiger partial charge on any atom is -0.395 e. The molecule has 2 fully saturated rings. The van der Waals surface area contributed by atoms with E-state index in [1.54, 1.807) is 0 Å². The molecule has 3 rings (SSSR count). The Labute approximate surface area is 93.6 Å². The molecular formula is C11H15NO2S. The average Bonchev–Trinajstić information content (AvgIpc) is 2.75. The van der Waals surface area contributed by atoms with Gasteiger partial charge in [-0.15, -0.1) is 11.8 Å². The van der Waals surface area contributed by atoms with E-state index in [2.05, 4.69) is 5.16 Å². The lowest BCUT2D eigenvalue weighted by molar-refractivity contribution is -0.119. The molecule has 0 amide bonds. The largest absolute Gasteiger partial charge is 0.395 e. The number of rotatable bonds is 0. The SMILES string of the molecule is O=C1CCCCC[C@@]12SC[C@H]1CON=C12. The quantitative estimate of drug-likeness (QED) is 0.633. The number of Topliss-reactive ketones (excluding diaryl/α,β-unsaturated/α-hetero) is 1. The first-order chi connectivity index (χ1) is 7.33.